The number of aromatic nitrogens is 1. The summed E-state index contributed by atoms with van der Waals surface area (Å²) in [5.74, 6) is 0.687. The standard InChI is InChI=1S/C29H29ClFN5O3/c1-19(31)14-35-12-2-3-23(16-35)36-15-22(32)13-26(28(36)34-29(37)27-17-38-18-33-27)20-4-8-24(9-5-20)39-25-10-6-21(30)7-11-25/h4-11,13-15,17-18,23,28H,2-3,12,16,32H2,1H3,(H,34,37)/t23-,28?/m1/s1. The minimum atomic E-state index is -0.551. The highest BCUT2D eigenvalue weighted by molar-refractivity contribution is 6.30. The molecule has 39 heavy (non-hydrogen) atoms. The molecule has 3 aromatic rings. The van der Waals surface area contributed by atoms with Crippen molar-refractivity contribution in [3.8, 4) is 11.5 Å². The monoisotopic (exact) mass is 549 g/mol. The van der Waals surface area contributed by atoms with E-state index in [9.17, 15) is 9.18 Å². The summed E-state index contributed by atoms with van der Waals surface area (Å²) < 4.78 is 24.6. The van der Waals surface area contributed by atoms with Crippen molar-refractivity contribution < 1.29 is 18.3 Å². The highest BCUT2D eigenvalue weighted by Gasteiger charge is 2.34. The second-order valence-corrected chi connectivity index (χ2v) is 9.95. The number of ether oxygens (including phenoxy) is 1. The second kappa shape index (κ2) is 11.7. The fourth-order valence-electron chi connectivity index (χ4n) is 4.89. The number of amides is 1. The van der Waals surface area contributed by atoms with E-state index in [0.717, 1.165) is 30.5 Å². The molecule has 0 aliphatic carbocycles. The fourth-order valence-corrected chi connectivity index (χ4v) is 5.01. The molecule has 0 bridgehead atoms. The number of benzene rings is 2. The van der Waals surface area contributed by atoms with E-state index in [1.807, 2.05) is 46.3 Å². The topological polar surface area (TPSA) is 96.9 Å². The number of piperidine rings is 1. The number of oxazole rings is 1. The van der Waals surface area contributed by atoms with Gasteiger partial charge in [-0.05, 0) is 67.8 Å². The Labute approximate surface area is 231 Å². The molecule has 2 aromatic carbocycles. The van der Waals surface area contributed by atoms with Crippen molar-refractivity contribution in [2.24, 2.45) is 5.73 Å². The number of hydrogen-bond donors (Lipinski definition) is 2. The Morgan fingerprint density at radius 1 is 1.21 bits per heavy atom. The van der Waals surface area contributed by atoms with Crippen LogP contribution in [0.1, 0.15) is 35.8 Å². The summed E-state index contributed by atoms with van der Waals surface area (Å²) in [5, 5.41) is 3.73. The first-order valence-corrected chi connectivity index (χ1v) is 13.0. The van der Waals surface area contributed by atoms with Gasteiger partial charge in [-0.1, -0.05) is 23.7 Å². The van der Waals surface area contributed by atoms with Gasteiger partial charge in [0.25, 0.3) is 5.91 Å². The molecule has 10 heteroatoms. The molecule has 3 heterocycles. The van der Waals surface area contributed by atoms with Crippen LogP contribution in [-0.2, 0) is 0 Å². The Balaban J connectivity index is 1.43. The van der Waals surface area contributed by atoms with E-state index in [4.69, 9.17) is 26.5 Å². The summed E-state index contributed by atoms with van der Waals surface area (Å²) >= 11 is 5.97. The van der Waals surface area contributed by atoms with Gasteiger partial charge in [0.05, 0.1) is 0 Å². The second-order valence-electron chi connectivity index (χ2n) is 9.51. The van der Waals surface area contributed by atoms with Crippen molar-refractivity contribution in [1.82, 2.24) is 20.1 Å². The van der Waals surface area contributed by atoms with E-state index in [-0.39, 0.29) is 23.5 Å². The molecular formula is C29H29ClFN5O3. The van der Waals surface area contributed by atoms with Gasteiger partial charge in [-0.25, -0.2) is 9.37 Å². The number of carbonyl (C=O) groups is 1. The van der Waals surface area contributed by atoms with Crippen LogP contribution in [0.4, 0.5) is 4.39 Å². The minimum absolute atomic E-state index is 0.0216. The Hall–Kier alpha value is -4.24. The zero-order chi connectivity index (χ0) is 27.4. The lowest BCUT2D eigenvalue weighted by molar-refractivity contribution is 0.0848. The number of halogens is 2. The Bertz CT molecular complexity index is 1380. The van der Waals surface area contributed by atoms with Crippen LogP contribution < -0.4 is 15.8 Å². The van der Waals surface area contributed by atoms with Crippen LogP contribution in [0.15, 0.2) is 95.6 Å². The van der Waals surface area contributed by atoms with Crippen molar-refractivity contribution in [3.05, 3.63) is 107 Å². The summed E-state index contributed by atoms with van der Waals surface area (Å²) in [6.45, 7) is 2.78. The van der Waals surface area contributed by atoms with E-state index in [2.05, 4.69) is 10.3 Å². The van der Waals surface area contributed by atoms with Gasteiger partial charge in [0, 0.05) is 47.8 Å². The molecular weight excluding hydrogens is 521 g/mol. The average Bonchev–Trinajstić information content (AvgIpc) is 3.46. The maximum Gasteiger partial charge on any atom is 0.275 e. The highest BCUT2D eigenvalue weighted by atomic mass is 35.5. The normalized spacial score (nSPS) is 19.8. The van der Waals surface area contributed by atoms with E-state index in [0.29, 0.717) is 28.8 Å². The third kappa shape index (κ3) is 6.43. The van der Waals surface area contributed by atoms with Gasteiger partial charge in [0.2, 0.25) is 0 Å². The summed E-state index contributed by atoms with van der Waals surface area (Å²) in [6, 6.07) is 14.7. The Morgan fingerprint density at radius 2 is 1.92 bits per heavy atom. The Morgan fingerprint density at radius 3 is 2.59 bits per heavy atom. The minimum Gasteiger partial charge on any atom is -0.457 e. The zero-order valence-electron chi connectivity index (χ0n) is 21.4. The number of allylic oxidation sites excluding steroid dienone is 2. The fraction of sp³-hybridized carbons (Fsp3) is 0.241. The van der Waals surface area contributed by atoms with Gasteiger partial charge in [-0.3, -0.25) is 4.79 Å². The van der Waals surface area contributed by atoms with Crippen molar-refractivity contribution in [1.29, 1.82) is 0 Å². The number of hydrogen-bond acceptors (Lipinski definition) is 7. The Kier molecular flexibility index (Phi) is 7.88. The van der Waals surface area contributed by atoms with Crippen LogP contribution in [0.5, 0.6) is 11.5 Å². The van der Waals surface area contributed by atoms with Gasteiger partial charge in [0.15, 0.2) is 12.1 Å². The van der Waals surface area contributed by atoms with Gasteiger partial charge in [-0.2, -0.15) is 0 Å². The molecule has 1 aromatic heterocycles. The van der Waals surface area contributed by atoms with Crippen LogP contribution in [0.2, 0.25) is 5.02 Å². The number of likely N-dealkylation sites (tertiary alicyclic amines) is 1. The van der Waals surface area contributed by atoms with Crippen LogP contribution in [0.3, 0.4) is 0 Å². The van der Waals surface area contributed by atoms with Crippen molar-refractivity contribution >= 4 is 23.1 Å². The number of nitrogens with two attached hydrogens (primary N) is 1. The summed E-state index contributed by atoms with van der Waals surface area (Å²) in [6.07, 6.45) is 8.92. The first-order chi connectivity index (χ1) is 18.9. The van der Waals surface area contributed by atoms with Gasteiger partial charge in [-0.15, -0.1) is 0 Å². The lowest BCUT2D eigenvalue weighted by atomic mass is 9.95. The van der Waals surface area contributed by atoms with Gasteiger partial charge >= 0.3 is 0 Å². The molecule has 1 amide bonds. The predicted molar refractivity (Wildman–Crippen MR) is 147 cm³/mol. The number of carbonyl (C=O) groups excluding carboxylic acids is 1. The summed E-state index contributed by atoms with van der Waals surface area (Å²) in [4.78, 5) is 21.1. The highest BCUT2D eigenvalue weighted by Crippen LogP contribution is 2.32. The zero-order valence-corrected chi connectivity index (χ0v) is 22.1. The predicted octanol–water partition coefficient (Wildman–Crippen LogP) is 5.67. The van der Waals surface area contributed by atoms with Crippen LogP contribution in [-0.4, -0.2) is 46.0 Å². The molecule has 2 aliphatic rings. The average molecular weight is 550 g/mol. The SMILES string of the molecule is CC(F)=CN1CCC[C@@H](N2C=C(N)C=C(c3ccc(Oc4ccc(Cl)cc4)cc3)C2NC(=O)c2cocn2)C1. The molecule has 202 valence electrons. The third-order valence-electron chi connectivity index (χ3n) is 6.59. The molecule has 3 N–H and O–H groups in total. The molecule has 0 saturated carbocycles. The largest absolute Gasteiger partial charge is 0.457 e. The van der Waals surface area contributed by atoms with E-state index >= 15 is 0 Å². The van der Waals surface area contributed by atoms with Crippen LogP contribution in [0, 0.1) is 0 Å². The lowest BCUT2D eigenvalue weighted by Gasteiger charge is -2.45. The smallest absolute Gasteiger partial charge is 0.275 e. The first-order valence-electron chi connectivity index (χ1n) is 12.6. The maximum absolute atomic E-state index is 13.7. The summed E-state index contributed by atoms with van der Waals surface area (Å²) in [5.41, 5.74) is 8.77. The molecule has 1 unspecified atom stereocenters. The molecule has 0 spiro atoms. The van der Waals surface area contributed by atoms with Crippen molar-refractivity contribution in [2.45, 2.75) is 32.0 Å². The molecule has 1 fully saturated rings. The van der Waals surface area contributed by atoms with Crippen LogP contribution in [0.25, 0.3) is 5.57 Å². The van der Waals surface area contributed by atoms with E-state index in [1.165, 1.54) is 25.8 Å². The van der Waals surface area contributed by atoms with E-state index < -0.39 is 6.17 Å². The lowest BCUT2D eigenvalue weighted by Crippen LogP contribution is -2.55. The van der Waals surface area contributed by atoms with Gasteiger partial charge in [0.1, 0.15) is 29.8 Å². The number of rotatable bonds is 7. The molecule has 2 aliphatic heterocycles. The van der Waals surface area contributed by atoms with Gasteiger partial charge < -0.3 is 30.0 Å². The van der Waals surface area contributed by atoms with Crippen LogP contribution >= 0.6 is 11.6 Å². The molecule has 1 saturated heterocycles. The molecule has 0 radical (unpaired) electrons. The number of nitrogens with zero attached hydrogens (tertiary/aromatic N) is 3. The third-order valence-corrected chi connectivity index (χ3v) is 6.84. The van der Waals surface area contributed by atoms with Crippen molar-refractivity contribution in [2.75, 3.05) is 13.1 Å². The van der Waals surface area contributed by atoms with E-state index in [1.54, 1.807) is 24.3 Å². The molecule has 2 atom stereocenters. The first kappa shape index (κ1) is 26.4. The quantitative estimate of drug-likeness (QED) is 0.392. The molecule has 5 rings (SSSR count). The summed E-state index contributed by atoms with van der Waals surface area (Å²) in [7, 11) is 0. The van der Waals surface area contributed by atoms with Crippen molar-refractivity contribution in [3.63, 3.8) is 0 Å². The number of nitrogens with one attached hydrogen (secondary N) is 1. The molecule has 8 nitrogen and oxygen atoms in total. The maximum atomic E-state index is 13.7.